The molecule has 34 heavy (non-hydrogen) atoms. The molecular formula is C28H27NO5. The number of aryl methyl sites for hydroxylation is 1. The van der Waals surface area contributed by atoms with Gasteiger partial charge in [-0.2, -0.15) is 0 Å². The molecule has 0 spiro atoms. The Hall–Kier alpha value is -4.06. The Bertz CT molecular complexity index is 1240. The van der Waals surface area contributed by atoms with E-state index in [4.69, 9.17) is 4.74 Å². The van der Waals surface area contributed by atoms with Crippen molar-refractivity contribution in [2.75, 3.05) is 11.5 Å². The molecule has 0 bridgehead atoms. The molecule has 1 saturated heterocycles. The lowest BCUT2D eigenvalue weighted by molar-refractivity contribution is -0.132. The highest BCUT2D eigenvalue weighted by molar-refractivity contribution is 6.51. The molecule has 1 amide bonds. The van der Waals surface area contributed by atoms with Gasteiger partial charge >= 0.3 is 0 Å². The lowest BCUT2D eigenvalue weighted by Crippen LogP contribution is -2.29. The predicted octanol–water partition coefficient (Wildman–Crippen LogP) is 5.36. The zero-order chi connectivity index (χ0) is 24.4. The summed E-state index contributed by atoms with van der Waals surface area (Å²) < 4.78 is 5.77. The fourth-order valence-electron chi connectivity index (χ4n) is 3.93. The number of hydrogen-bond acceptors (Lipinski definition) is 5. The summed E-state index contributed by atoms with van der Waals surface area (Å²) in [4.78, 5) is 27.8. The highest BCUT2D eigenvalue weighted by Gasteiger charge is 2.47. The number of ketones is 1. The number of phenols is 1. The van der Waals surface area contributed by atoms with Crippen molar-refractivity contribution in [3.05, 3.63) is 95.1 Å². The van der Waals surface area contributed by atoms with Gasteiger partial charge in [-0.3, -0.25) is 14.5 Å². The van der Waals surface area contributed by atoms with Crippen molar-refractivity contribution < 1.29 is 24.5 Å². The van der Waals surface area contributed by atoms with Crippen molar-refractivity contribution in [2.24, 2.45) is 5.92 Å². The normalized spacial score (nSPS) is 17.4. The first-order chi connectivity index (χ1) is 16.3. The summed E-state index contributed by atoms with van der Waals surface area (Å²) in [5.41, 5.74) is 2.51. The van der Waals surface area contributed by atoms with E-state index in [-0.39, 0.29) is 17.1 Å². The van der Waals surface area contributed by atoms with Gasteiger partial charge in [-0.1, -0.05) is 55.8 Å². The monoisotopic (exact) mass is 457 g/mol. The second-order valence-electron chi connectivity index (χ2n) is 8.83. The van der Waals surface area contributed by atoms with Crippen LogP contribution in [0.3, 0.4) is 0 Å². The third kappa shape index (κ3) is 4.53. The van der Waals surface area contributed by atoms with Gasteiger partial charge < -0.3 is 14.9 Å². The number of Topliss-reactive ketones (excluding diaryl/α,β-unsaturated/α-hetero) is 1. The lowest BCUT2D eigenvalue weighted by Gasteiger charge is -2.25. The van der Waals surface area contributed by atoms with Crippen LogP contribution in [0.25, 0.3) is 5.76 Å². The summed E-state index contributed by atoms with van der Waals surface area (Å²) in [5.74, 6) is -0.828. The van der Waals surface area contributed by atoms with E-state index in [2.05, 4.69) is 0 Å². The highest BCUT2D eigenvalue weighted by atomic mass is 16.5. The van der Waals surface area contributed by atoms with Crippen LogP contribution >= 0.6 is 0 Å². The lowest BCUT2D eigenvalue weighted by atomic mass is 9.95. The van der Waals surface area contributed by atoms with Crippen molar-refractivity contribution in [3.8, 4) is 11.5 Å². The van der Waals surface area contributed by atoms with E-state index in [0.29, 0.717) is 35.1 Å². The minimum atomic E-state index is -0.858. The molecule has 3 aromatic rings. The Labute approximate surface area is 198 Å². The predicted molar refractivity (Wildman–Crippen MR) is 131 cm³/mol. The smallest absolute Gasteiger partial charge is 0.300 e. The second kappa shape index (κ2) is 9.43. The van der Waals surface area contributed by atoms with Crippen LogP contribution in [0.5, 0.6) is 11.5 Å². The number of nitrogens with zero attached hydrogens (tertiary/aromatic N) is 1. The standard InChI is InChI=1S/C28H27NO5/c1-17(2)16-34-23-6-4-5-20(15-23)26(31)24-25(19-9-13-22(30)14-10-19)29(28(33)27(24)32)21-11-7-18(3)8-12-21/h4-15,17,25,30-31H,16H2,1-3H3/b26-24-. The van der Waals surface area contributed by atoms with Gasteiger partial charge in [0.2, 0.25) is 0 Å². The third-order valence-corrected chi connectivity index (χ3v) is 5.66. The zero-order valence-corrected chi connectivity index (χ0v) is 19.4. The number of hydrogen-bond donors (Lipinski definition) is 2. The maximum Gasteiger partial charge on any atom is 0.300 e. The number of amides is 1. The van der Waals surface area contributed by atoms with Crippen LogP contribution in [0.4, 0.5) is 5.69 Å². The van der Waals surface area contributed by atoms with E-state index in [1.54, 1.807) is 48.5 Å². The maximum absolute atomic E-state index is 13.2. The first-order valence-electron chi connectivity index (χ1n) is 11.2. The number of aromatic hydroxyl groups is 1. The molecular weight excluding hydrogens is 430 g/mol. The molecule has 2 N–H and O–H groups in total. The Morgan fingerprint density at radius 2 is 1.68 bits per heavy atom. The van der Waals surface area contributed by atoms with E-state index >= 15 is 0 Å². The van der Waals surface area contributed by atoms with Crippen LogP contribution in [0.1, 0.15) is 36.6 Å². The molecule has 0 saturated carbocycles. The van der Waals surface area contributed by atoms with Crippen LogP contribution in [0.15, 0.2) is 78.4 Å². The fraction of sp³-hybridized carbons (Fsp3) is 0.214. The quantitative estimate of drug-likeness (QED) is 0.296. The zero-order valence-electron chi connectivity index (χ0n) is 19.4. The van der Waals surface area contributed by atoms with Crippen molar-refractivity contribution in [1.82, 2.24) is 0 Å². The number of phenolic OH excluding ortho intramolecular Hbond substituents is 1. The number of carbonyl (C=O) groups is 2. The summed E-state index contributed by atoms with van der Waals surface area (Å²) >= 11 is 0. The van der Waals surface area contributed by atoms with Gasteiger partial charge in [0.1, 0.15) is 17.3 Å². The first-order valence-corrected chi connectivity index (χ1v) is 11.2. The maximum atomic E-state index is 13.2. The summed E-state index contributed by atoms with van der Waals surface area (Å²) in [6.07, 6.45) is 0. The Balaban J connectivity index is 1.85. The first kappa shape index (κ1) is 23.1. The molecule has 174 valence electrons. The van der Waals surface area contributed by atoms with Gasteiger partial charge in [-0.25, -0.2) is 0 Å². The number of ether oxygens (including phenoxy) is 1. The largest absolute Gasteiger partial charge is 0.508 e. The summed E-state index contributed by atoms with van der Waals surface area (Å²) in [6, 6.07) is 19.5. The number of aliphatic hydroxyl groups is 1. The van der Waals surface area contributed by atoms with E-state index in [1.807, 2.05) is 32.9 Å². The number of benzene rings is 3. The van der Waals surface area contributed by atoms with Crippen LogP contribution < -0.4 is 9.64 Å². The van der Waals surface area contributed by atoms with Crippen LogP contribution in [0.2, 0.25) is 0 Å². The number of aliphatic hydroxyl groups excluding tert-OH is 1. The Morgan fingerprint density at radius 1 is 1.00 bits per heavy atom. The SMILES string of the molecule is Cc1ccc(N2C(=O)C(=O)/C(=C(\O)c3cccc(OCC(C)C)c3)C2c2ccc(O)cc2)cc1. The Kier molecular flexibility index (Phi) is 6.41. The fourth-order valence-corrected chi connectivity index (χ4v) is 3.93. The minimum absolute atomic E-state index is 0.0164. The summed E-state index contributed by atoms with van der Waals surface area (Å²) in [6.45, 7) is 6.52. The molecule has 1 aliphatic rings. The average Bonchev–Trinajstić information content (AvgIpc) is 3.09. The summed E-state index contributed by atoms with van der Waals surface area (Å²) in [5, 5.41) is 21.0. The van der Waals surface area contributed by atoms with Crippen LogP contribution in [-0.4, -0.2) is 28.5 Å². The molecule has 1 heterocycles. The molecule has 6 heteroatoms. The molecule has 1 atom stereocenters. The van der Waals surface area contributed by atoms with E-state index in [9.17, 15) is 19.8 Å². The van der Waals surface area contributed by atoms with Gasteiger partial charge in [0.05, 0.1) is 18.2 Å². The molecule has 3 aromatic carbocycles. The van der Waals surface area contributed by atoms with E-state index < -0.39 is 17.7 Å². The number of rotatable bonds is 6. The molecule has 0 radical (unpaired) electrons. The minimum Gasteiger partial charge on any atom is -0.508 e. The summed E-state index contributed by atoms with van der Waals surface area (Å²) in [7, 11) is 0. The van der Waals surface area contributed by atoms with Crippen molar-refractivity contribution >= 4 is 23.1 Å². The molecule has 1 fully saturated rings. The molecule has 4 rings (SSSR count). The molecule has 1 aliphatic heterocycles. The number of anilines is 1. The molecule has 1 unspecified atom stereocenters. The van der Waals surface area contributed by atoms with Gasteiger partial charge in [0.25, 0.3) is 11.7 Å². The van der Waals surface area contributed by atoms with Crippen molar-refractivity contribution in [2.45, 2.75) is 26.8 Å². The van der Waals surface area contributed by atoms with Crippen LogP contribution in [0, 0.1) is 12.8 Å². The number of carbonyl (C=O) groups excluding carboxylic acids is 2. The highest BCUT2D eigenvalue weighted by Crippen LogP contribution is 2.42. The molecule has 0 aliphatic carbocycles. The molecule has 6 nitrogen and oxygen atoms in total. The van der Waals surface area contributed by atoms with Gasteiger partial charge in [0.15, 0.2) is 0 Å². The van der Waals surface area contributed by atoms with Gasteiger partial charge in [-0.15, -0.1) is 0 Å². The van der Waals surface area contributed by atoms with E-state index in [0.717, 1.165) is 5.56 Å². The van der Waals surface area contributed by atoms with Crippen LogP contribution in [-0.2, 0) is 9.59 Å². The van der Waals surface area contributed by atoms with Gasteiger partial charge in [-0.05, 0) is 54.8 Å². The van der Waals surface area contributed by atoms with Crippen molar-refractivity contribution in [3.63, 3.8) is 0 Å². The third-order valence-electron chi connectivity index (χ3n) is 5.66. The topological polar surface area (TPSA) is 87.1 Å². The Morgan fingerprint density at radius 3 is 2.32 bits per heavy atom. The van der Waals surface area contributed by atoms with Crippen molar-refractivity contribution in [1.29, 1.82) is 0 Å². The molecule has 0 aromatic heterocycles. The van der Waals surface area contributed by atoms with Gasteiger partial charge in [0, 0.05) is 11.3 Å². The second-order valence-corrected chi connectivity index (χ2v) is 8.83. The average molecular weight is 458 g/mol. The van der Waals surface area contributed by atoms with E-state index in [1.165, 1.54) is 17.0 Å².